The molecule has 9 heteroatoms. The molecule has 1 aliphatic rings. The van der Waals surface area contributed by atoms with Crippen molar-refractivity contribution in [2.45, 2.75) is 33.2 Å². The molecule has 9 nitrogen and oxygen atoms in total. The molecule has 1 amide bonds. The number of nitrogens with zero attached hydrogens (tertiary/aromatic N) is 7. The molecule has 0 aromatic carbocycles. The van der Waals surface area contributed by atoms with Crippen LogP contribution in [0.3, 0.4) is 0 Å². The van der Waals surface area contributed by atoms with Gasteiger partial charge in [0.2, 0.25) is 0 Å². The summed E-state index contributed by atoms with van der Waals surface area (Å²) in [4.78, 5) is 24.8. The Hall–Kier alpha value is -3.33. The lowest BCUT2D eigenvalue weighted by Gasteiger charge is -2.43. The van der Waals surface area contributed by atoms with Gasteiger partial charge < -0.3 is 10.6 Å². The van der Waals surface area contributed by atoms with Crippen LogP contribution in [0.25, 0.3) is 16.9 Å². The molecule has 0 atom stereocenters. The Morgan fingerprint density at radius 2 is 1.90 bits per heavy atom. The Morgan fingerprint density at radius 3 is 2.55 bits per heavy atom. The smallest absolute Gasteiger partial charge is 0.267 e. The Bertz CT molecular complexity index is 1090. The summed E-state index contributed by atoms with van der Waals surface area (Å²) in [5.41, 5.74) is 9.55. The minimum Gasteiger partial charge on any atom is -0.368 e. The average Bonchev–Trinajstić information content (AvgIpc) is 3.23. The summed E-state index contributed by atoms with van der Waals surface area (Å²) < 4.78 is 1.62. The van der Waals surface area contributed by atoms with Crippen molar-refractivity contribution in [1.82, 2.24) is 29.9 Å². The van der Waals surface area contributed by atoms with Crippen molar-refractivity contribution in [2.24, 2.45) is 5.73 Å². The maximum atomic E-state index is 11.3. The van der Waals surface area contributed by atoms with Crippen molar-refractivity contribution in [3.05, 3.63) is 48.2 Å². The third-order valence-electron chi connectivity index (χ3n) is 5.58. The van der Waals surface area contributed by atoms with Gasteiger partial charge in [0.1, 0.15) is 11.4 Å². The van der Waals surface area contributed by atoms with Gasteiger partial charge in [-0.05, 0) is 39.8 Å². The number of aryl methyl sites for hydroxylation is 1. The van der Waals surface area contributed by atoms with Gasteiger partial charge in [0.05, 0.1) is 29.5 Å². The molecule has 0 saturated carbocycles. The van der Waals surface area contributed by atoms with Gasteiger partial charge in [0, 0.05) is 49.5 Å². The Morgan fingerprint density at radius 1 is 1.16 bits per heavy atom. The van der Waals surface area contributed by atoms with E-state index in [1.807, 2.05) is 12.4 Å². The van der Waals surface area contributed by atoms with E-state index in [-0.39, 0.29) is 11.2 Å². The number of carbonyl (C=O) groups is 1. The summed E-state index contributed by atoms with van der Waals surface area (Å²) >= 11 is 0. The van der Waals surface area contributed by atoms with Gasteiger partial charge >= 0.3 is 0 Å². The molecule has 1 aliphatic heterocycles. The van der Waals surface area contributed by atoms with Gasteiger partial charge in [-0.25, -0.2) is 9.67 Å². The number of primary amides is 1. The third-order valence-corrected chi connectivity index (χ3v) is 5.58. The van der Waals surface area contributed by atoms with E-state index in [0.29, 0.717) is 17.1 Å². The summed E-state index contributed by atoms with van der Waals surface area (Å²) in [6.45, 7) is 12.5. The highest BCUT2D eigenvalue weighted by atomic mass is 16.1. The minimum absolute atomic E-state index is 0.102. The predicted octanol–water partition coefficient (Wildman–Crippen LogP) is 1.85. The molecule has 0 spiro atoms. The fourth-order valence-corrected chi connectivity index (χ4v) is 3.75. The van der Waals surface area contributed by atoms with E-state index in [1.165, 1.54) is 0 Å². The first-order valence-electron chi connectivity index (χ1n) is 10.3. The molecule has 0 bridgehead atoms. The summed E-state index contributed by atoms with van der Waals surface area (Å²) in [6, 6.07) is 6.54. The number of nitrogens with two attached hydrogens (primary N) is 1. The molecular formula is C22H27N8O. The maximum absolute atomic E-state index is 11.3. The zero-order valence-corrected chi connectivity index (χ0v) is 18.3. The number of hydrogen-bond acceptors (Lipinski definition) is 7. The summed E-state index contributed by atoms with van der Waals surface area (Å²) in [7, 11) is 0. The van der Waals surface area contributed by atoms with Crippen LogP contribution in [0.1, 0.15) is 37.0 Å². The Balaban J connectivity index is 1.53. The highest BCUT2D eigenvalue weighted by Gasteiger charge is 2.26. The SMILES string of the molecule is Cc1nc(C(N)=O)[c]cc1-n1cc(-c2cncc(N3CCN(C(C)(C)C)CC3)c2)nn1. The molecule has 4 heterocycles. The molecule has 1 radical (unpaired) electrons. The van der Waals surface area contributed by atoms with Crippen LogP contribution in [-0.4, -0.2) is 67.5 Å². The van der Waals surface area contributed by atoms with E-state index in [1.54, 1.807) is 23.9 Å². The number of hydrogen-bond donors (Lipinski definition) is 1. The highest BCUT2D eigenvalue weighted by molar-refractivity contribution is 5.90. The quantitative estimate of drug-likeness (QED) is 0.688. The van der Waals surface area contributed by atoms with Crippen LogP contribution in [0.4, 0.5) is 5.69 Å². The molecule has 2 N–H and O–H groups in total. The van der Waals surface area contributed by atoms with E-state index < -0.39 is 5.91 Å². The number of carbonyl (C=O) groups excluding carboxylic acids is 1. The van der Waals surface area contributed by atoms with Crippen LogP contribution in [0.2, 0.25) is 0 Å². The molecular weight excluding hydrogens is 392 g/mol. The molecule has 0 unspecified atom stereocenters. The van der Waals surface area contributed by atoms with E-state index in [9.17, 15) is 4.79 Å². The number of amides is 1. The van der Waals surface area contributed by atoms with Crippen molar-refractivity contribution in [2.75, 3.05) is 31.1 Å². The first-order chi connectivity index (χ1) is 14.7. The molecule has 4 rings (SSSR count). The number of pyridine rings is 2. The third kappa shape index (κ3) is 4.41. The van der Waals surface area contributed by atoms with Gasteiger partial charge in [-0.2, -0.15) is 0 Å². The summed E-state index contributed by atoms with van der Waals surface area (Å²) in [5, 5.41) is 8.52. The Labute approximate surface area is 181 Å². The van der Waals surface area contributed by atoms with E-state index in [2.05, 4.69) is 63.0 Å². The van der Waals surface area contributed by atoms with E-state index >= 15 is 0 Å². The zero-order chi connectivity index (χ0) is 22.2. The van der Waals surface area contributed by atoms with Crippen LogP contribution in [0, 0.1) is 13.0 Å². The van der Waals surface area contributed by atoms with Crippen LogP contribution >= 0.6 is 0 Å². The second kappa shape index (κ2) is 8.07. The van der Waals surface area contributed by atoms with Gasteiger partial charge in [-0.1, -0.05) is 5.21 Å². The number of anilines is 1. The fourth-order valence-electron chi connectivity index (χ4n) is 3.75. The lowest BCUT2D eigenvalue weighted by molar-refractivity contribution is 0.0995. The summed E-state index contributed by atoms with van der Waals surface area (Å²) in [6.07, 6.45) is 5.50. The van der Waals surface area contributed by atoms with Crippen molar-refractivity contribution in [3.63, 3.8) is 0 Å². The predicted molar refractivity (Wildman–Crippen MR) is 118 cm³/mol. The van der Waals surface area contributed by atoms with Crippen LogP contribution in [0.15, 0.2) is 30.7 Å². The lowest BCUT2D eigenvalue weighted by atomic mass is 10.0. The highest BCUT2D eigenvalue weighted by Crippen LogP contribution is 2.25. The average molecular weight is 420 g/mol. The lowest BCUT2D eigenvalue weighted by Crippen LogP contribution is -2.53. The molecule has 1 fully saturated rings. The van der Waals surface area contributed by atoms with Gasteiger partial charge in [0.25, 0.3) is 5.91 Å². The number of aromatic nitrogens is 5. The van der Waals surface area contributed by atoms with Gasteiger partial charge in [0.15, 0.2) is 0 Å². The number of piperazine rings is 1. The van der Waals surface area contributed by atoms with Gasteiger partial charge in [-0.3, -0.25) is 14.7 Å². The van der Waals surface area contributed by atoms with E-state index in [4.69, 9.17) is 5.73 Å². The molecule has 0 aliphatic carbocycles. The minimum atomic E-state index is -0.611. The molecule has 3 aromatic heterocycles. The first kappa shape index (κ1) is 20.9. The first-order valence-corrected chi connectivity index (χ1v) is 10.3. The van der Waals surface area contributed by atoms with Crippen molar-refractivity contribution in [1.29, 1.82) is 0 Å². The molecule has 161 valence electrons. The topological polar surface area (TPSA) is 106 Å². The monoisotopic (exact) mass is 419 g/mol. The fraction of sp³-hybridized carbons (Fsp3) is 0.409. The zero-order valence-electron chi connectivity index (χ0n) is 18.3. The van der Waals surface area contributed by atoms with Crippen molar-refractivity contribution >= 4 is 11.6 Å². The van der Waals surface area contributed by atoms with Crippen LogP contribution < -0.4 is 10.6 Å². The standard InChI is InChI=1S/C22H27N8O/c1-15-20(6-5-18(25-15)21(23)31)30-14-19(26-27-30)16-11-17(13-24-12-16)28-7-9-29(10-8-28)22(2,3)4/h6,11-14H,7-10H2,1-4H3,(H2,23,31). The van der Waals surface area contributed by atoms with Crippen LogP contribution in [0.5, 0.6) is 0 Å². The van der Waals surface area contributed by atoms with Gasteiger partial charge in [-0.15, -0.1) is 5.10 Å². The second-order valence-electron chi connectivity index (χ2n) is 8.71. The second-order valence-corrected chi connectivity index (χ2v) is 8.71. The Kier molecular flexibility index (Phi) is 5.45. The van der Waals surface area contributed by atoms with Crippen molar-refractivity contribution < 1.29 is 4.79 Å². The largest absolute Gasteiger partial charge is 0.368 e. The summed E-state index contributed by atoms with van der Waals surface area (Å²) in [5.74, 6) is -0.611. The van der Waals surface area contributed by atoms with E-state index in [0.717, 1.165) is 37.4 Å². The van der Waals surface area contributed by atoms with Crippen LogP contribution in [-0.2, 0) is 0 Å². The molecule has 3 aromatic rings. The molecule has 31 heavy (non-hydrogen) atoms. The van der Waals surface area contributed by atoms with Crippen molar-refractivity contribution in [3.8, 4) is 16.9 Å². The maximum Gasteiger partial charge on any atom is 0.267 e. The number of rotatable bonds is 4. The molecule has 1 saturated heterocycles. The normalized spacial score (nSPS) is 15.3.